The zero-order valence-corrected chi connectivity index (χ0v) is 21.0. The number of carbonyl (C=O) groups is 2. The van der Waals surface area contributed by atoms with Crippen LogP contribution in [0.2, 0.25) is 0 Å². The number of rotatable bonds is 6. The quantitative estimate of drug-likeness (QED) is 0.282. The van der Waals surface area contributed by atoms with Gasteiger partial charge in [-0.05, 0) is 59.5 Å². The number of amides is 1. The first-order valence-electron chi connectivity index (χ1n) is 11.9. The van der Waals surface area contributed by atoms with Crippen LogP contribution in [0, 0.1) is 0 Å². The lowest BCUT2D eigenvalue weighted by atomic mass is 9.94. The molecule has 0 bridgehead atoms. The molecule has 1 fully saturated rings. The number of hydrogen-bond acceptors (Lipinski definition) is 7. The summed E-state index contributed by atoms with van der Waals surface area (Å²) in [5, 5.41) is 11.4. The molecule has 0 radical (unpaired) electrons. The minimum atomic E-state index is -0.907. The maximum absolute atomic E-state index is 13.5. The van der Waals surface area contributed by atoms with Gasteiger partial charge in [-0.15, -0.1) is 0 Å². The third-order valence-electron chi connectivity index (χ3n) is 6.65. The maximum atomic E-state index is 13.5. The Balaban J connectivity index is 1.70. The monoisotopic (exact) mass is 501 g/mol. The van der Waals surface area contributed by atoms with Gasteiger partial charge in [-0.3, -0.25) is 14.5 Å². The Kier molecular flexibility index (Phi) is 6.25. The highest BCUT2D eigenvalue weighted by Crippen LogP contribution is 2.45. The van der Waals surface area contributed by atoms with Crippen molar-refractivity contribution >= 4 is 23.1 Å². The number of nitrogens with zero attached hydrogens (tertiary/aromatic N) is 1. The van der Waals surface area contributed by atoms with Crippen molar-refractivity contribution in [3.05, 3.63) is 82.9 Å². The van der Waals surface area contributed by atoms with Gasteiger partial charge in [0, 0.05) is 11.3 Å². The van der Waals surface area contributed by atoms with Crippen LogP contribution in [0.1, 0.15) is 42.5 Å². The molecule has 2 aliphatic rings. The predicted octanol–water partition coefficient (Wildman–Crippen LogP) is 5.18. The van der Waals surface area contributed by atoms with Crippen LogP contribution in [0.5, 0.6) is 23.0 Å². The molecule has 0 spiro atoms. The molecule has 8 nitrogen and oxygen atoms in total. The Hall–Kier alpha value is -4.46. The lowest BCUT2D eigenvalue weighted by Gasteiger charge is -2.26. The molecule has 1 unspecified atom stereocenters. The number of ether oxygens (including phenoxy) is 4. The Bertz CT molecular complexity index is 1410. The summed E-state index contributed by atoms with van der Waals surface area (Å²) in [6.45, 7) is 4.23. The Morgan fingerprint density at radius 3 is 2.30 bits per heavy atom. The summed E-state index contributed by atoms with van der Waals surface area (Å²) in [6, 6.07) is 16.6. The summed E-state index contributed by atoms with van der Waals surface area (Å²) in [7, 11) is 3.04. The predicted molar refractivity (Wildman–Crippen MR) is 137 cm³/mol. The van der Waals surface area contributed by atoms with Crippen molar-refractivity contribution in [3.63, 3.8) is 0 Å². The van der Waals surface area contributed by atoms with E-state index in [1.165, 1.54) is 19.1 Å². The van der Waals surface area contributed by atoms with Gasteiger partial charge in [-0.25, -0.2) is 0 Å². The third kappa shape index (κ3) is 4.14. The van der Waals surface area contributed by atoms with Crippen LogP contribution in [0.25, 0.3) is 5.76 Å². The van der Waals surface area contributed by atoms with E-state index >= 15 is 0 Å². The molecule has 0 aromatic heterocycles. The number of Topliss-reactive ketones (excluding diaryl/α,β-unsaturated/α-hetero) is 1. The van der Waals surface area contributed by atoms with Crippen molar-refractivity contribution < 1.29 is 33.6 Å². The normalized spacial score (nSPS) is 18.0. The average Bonchev–Trinajstić information content (AvgIpc) is 3.49. The Labute approximate surface area is 214 Å². The molecule has 1 atom stereocenters. The number of fused-ring (bicyclic) bond motifs is 1. The molecule has 8 heteroatoms. The smallest absolute Gasteiger partial charge is 0.300 e. The number of ketones is 1. The topological polar surface area (TPSA) is 94.5 Å². The van der Waals surface area contributed by atoms with Crippen LogP contribution >= 0.6 is 0 Å². The van der Waals surface area contributed by atoms with Crippen molar-refractivity contribution in [2.45, 2.75) is 25.8 Å². The van der Waals surface area contributed by atoms with Crippen LogP contribution in [-0.2, 0) is 9.59 Å². The van der Waals surface area contributed by atoms with Crippen molar-refractivity contribution in [1.29, 1.82) is 0 Å². The summed E-state index contributed by atoms with van der Waals surface area (Å²) in [5.74, 6) is 0.394. The van der Waals surface area contributed by atoms with Crippen molar-refractivity contribution in [2.75, 3.05) is 25.9 Å². The SMILES string of the molecule is COc1ccc(C2/C(=C(\O)c3ccc4c(c3)OCO4)C(=O)C(=O)N2c2ccc(C(C)C)cc2)cc1OC. The van der Waals surface area contributed by atoms with Crippen LogP contribution in [-0.4, -0.2) is 37.8 Å². The molecule has 0 saturated carbocycles. The summed E-state index contributed by atoms with van der Waals surface area (Å²) in [4.78, 5) is 28.3. The van der Waals surface area contributed by atoms with Crippen LogP contribution in [0.3, 0.4) is 0 Å². The van der Waals surface area contributed by atoms with Gasteiger partial charge < -0.3 is 24.1 Å². The fourth-order valence-corrected chi connectivity index (χ4v) is 4.66. The van der Waals surface area contributed by atoms with E-state index in [0.717, 1.165) is 5.56 Å². The summed E-state index contributed by atoms with van der Waals surface area (Å²) < 4.78 is 21.7. The second-order valence-electron chi connectivity index (χ2n) is 9.10. The number of anilines is 1. The van der Waals surface area contributed by atoms with Crippen molar-refractivity contribution in [2.24, 2.45) is 0 Å². The largest absolute Gasteiger partial charge is 0.507 e. The summed E-state index contributed by atoms with van der Waals surface area (Å²) in [6.07, 6.45) is 0. The minimum Gasteiger partial charge on any atom is -0.507 e. The van der Waals surface area contributed by atoms with Gasteiger partial charge in [-0.2, -0.15) is 0 Å². The van der Waals surface area contributed by atoms with Gasteiger partial charge in [0.2, 0.25) is 6.79 Å². The molecule has 1 saturated heterocycles. The molecule has 1 amide bonds. The molecule has 37 heavy (non-hydrogen) atoms. The lowest BCUT2D eigenvalue weighted by Crippen LogP contribution is -2.29. The second kappa shape index (κ2) is 9.54. The van der Waals surface area contributed by atoms with E-state index in [0.29, 0.717) is 45.7 Å². The number of aliphatic hydroxyl groups excluding tert-OH is 1. The second-order valence-corrected chi connectivity index (χ2v) is 9.10. The minimum absolute atomic E-state index is 0.0379. The van der Waals surface area contributed by atoms with Crippen LogP contribution < -0.4 is 23.8 Å². The van der Waals surface area contributed by atoms with Gasteiger partial charge in [0.05, 0.1) is 25.8 Å². The third-order valence-corrected chi connectivity index (χ3v) is 6.65. The number of methoxy groups -OCH3 is 2. The zero-order valence-electron chi connectivity index (χ0n) is 21.0. The first-order chi connectivity index (χ1) is 17.8. The first kappa shape index (κ1) is 24.2. The molecular formula is C29H27NO7. The van der Waals surface area contributed by atoms with E-state index in [9.17, 15) is 14.7 Å². The highest BCUT2D eigenvalue weighted by Gasteiger charge is 2.47. The van der Waals surface area contributed by atoms with Crippen molar-refractivity contribution in [1.82, 2.24) is 0 Å². The number of hydrogen-bond donors (Lipinski definition) is 1. The Morgan fingerprint density at radius 1 is 0.919 bits per heavy atom. The Morgan fingerprint density at radius 2 is 1.62 bits per heavy atom. The molecule has 0 aliphatic carbocycles. The van der Waals surface area contributed by atoms with Gasteiger partial charge >= 0.3 is 0 Å². The number of carbonyl (C=O) groups excluding carboxylic acids is 2. The molecule has 1 N–H and O–H groups in total. The van der Waals surface area contributed by atoms with E-state index < -0.39 is 17.7 Å². The lowest BCUT2D eigenvalue weighted by molar-refractivity contribution is -0.132. The number of aliphatic hydroxyl groups is 1. The first-order valence-corrected chi connectivity index (χ1v) is 11.9. The van der Waals surface area contributed by atoms with E-state index in [4.69, 9.17) is 18.9 Å². The molecule has 2 heterocycles. The number of benzene rings is 3. The molecule has 190 valence electrons. The summed E-state index contributed by atoms with van der Waals surface area (Å²) in [5.41, 5.74) is 2.51. The van der Waals surface area contributed by atoms with Gasteiger partial charge in [-0.1, -0.05) is 32.0 Å². The van der Waals surface area contributed by atoms with E-state index in [1.807, 2.05) is 24.3 Å². The fourth-order valence-electron chi connectivity index (χ4n) is 4.66. The fraction of sp³-hybridized carbons (Fsp3) is 0.241. The van der Waals surface area contributed by atoms with E-state index in [2.05, 4.69) is 13.8 Å². The van der Waals surface area contributed by atoms with Gasteiger partial charge in [0.25, 0.3) is 11.7 Å². The zero-order chi connectivity index (χ0) is 26.3. The van der Waals surface area contributed by atoms with Gasteiger partial charge in [0.1, 0.15) is 5.76 Å². The molecule has 2 aliphatic heterocycles. The highest BCUT2D eigenvalue weighted by molar-refractivity contribution is 6.51. The molecule has 3 aromatic rings. The standard InChI is InChI=1S/C29H27NO7/c1-16(2)17-5-9-20(10-6-17)30-26(18-7-11-21(34-3)23(13-18)35-4)25(28(32)29(30)33)27(31)19-8-12-22-24(14-19)37-15-36-22/h5-14,16,26,31H,15H2,1-4H3/b27-25+. The van der Waals surface area contributed by atoms with Crippen LogP contribution in [0.15, 0.2) is 66.2 Å². The molecular weight excluding hydrogens is 474 g/mol. The van der Waals surface area contributed by atoms with Crippen LogP contribution in [0.4, 0.5) is 5.69 Å². The van der Waals surface area contributed by atoms with E-state index in [1.54, 1.807) is 36.4 Å². The average molecular weight is 502 g/mol. The molecule has 5 rings (SSSR count). The van der Waals surface area contributed by atoms with Gasteiger partial charge in [0.15, 0.2) is 23.0 Å². The summed E-state index contributed by atoms with van der Waals surface area (Å²) >= 11 is 0. The van der Waals surface area contributed by atoms with Crippen molar-refractivity contribution in [3.8, 4) is 23.0 Å². The van der Waals surface area contributed by atoms with E-state index in [-0.39, 0.29) is 18.1 Å². The highest BCUT2D eigenvalue weighted by atomic mass is 16.7. The molecule has 3 aromatic carbocycles. The maximum Gasteiger partial charge on any atom is 0.300 e.